The molecule has 90 valence electrons. The topological polar surface area (TPSA) is 29.3 Å². The Bertz CT molecular complexity index is 318. The zero-order valence-corrected chi connectivity index (χ0v) is 10.9. The summed E-state index contributed by atoms with van der Waals surface area (Å²) in [6.07, 6.45) is 1.21. The lowest BCUT2D eigenvalue weighted by molar-refractivity contribution is 0.584. The summed E-state index contributed by atoms with van der Waals surface area (Å²) >= 11 is 0. The van der Waals surface area contributed by atoms with Gasteiger partial charge >= 0.3 is 0 Å². The van der Waals surface area contributed by atoms with Crippen LogP contribution in [0.3, 0.4) is 0 Å². The van der Waals surface area contributed by atoms with Crippen LogP contribution in [0.2, 0.25) is 0 Å². The fourth-order valence-electron chi connectivity index (χ4n) is 1.79. The number of nitrogens with zero attached hydrogens (tertiary/aromatic N) is 1. The summed E-state index contributed by atoms with van der Waals surface area (Å²) in [7, 11) is 2.14. The van der Waals surface area contributed by atoms with Crippen LogP contribution >= 0.6 is 0 Å². The van der Waals surface area contributed by atoms with Crippen LogP contribution in [0.15, 0.2) is 24.3 Å². The molecule has 0 fully saturated rings. The van der Waals surface area contributed by atoms with Crippen LogP contribution in [0, 0.1) is 5.92 Å². The van der Waals surface area contributed by atoms with E-state index >= 15 is 0 Å². The maximum Gasteiger partial charge on any atom is 0.0411 e. The fraction of sp³-hybridized carbons (Fsp3) is 0.571. The molecule has 0 aliphatic rings. The number of rotatable bonds is 5. The molecule has 0 unspecified atom stereocenters. The first kappa shape index (κ1) is 13.0. The summed E-state index contributed by atoms with van der Waals surface area (Å²) in [5.74, 6) is 0.741. The van der Waals surface area contributed by atoms with Crippen LogP contribution in [0.5, 0.6) is 0 Å². The first-order valence-electron chi connectivity index (χ1n) is 6.08. The van der Waals surface area contributed by atoms with Crippen molar-refractivity contribution in [3.63, 3.8) is 0 Å². The maximum absolute atomic E-state index is 5.98. The monoisotopic (exact) mass is 220 g/mol. The van der Waals surface area contributed by atoms with Gasteiger partial charge in [0.05, 0.1) is 0 Å². The lowest BCUT2D eigenvalue weighted by Gasteiger charge is -2.24. The molecule has 0 amide bonds. The molecule has 2 heteroatoms. The SMILES string of the molecule is CC(C)CCN(C)c1ccccc1[C@H](C)N. The zero-order valence-electron chi connectivity index (χ0n) is 10.9. The van der Waals surface area contributed by atoms with Gasteiger partial charge in [-0.05, 0) is 30.9 Å². The molecule has 0 heterocycles. The summed E-state index contributed by atoms with van der Waals surface area (Å²) in [4.78, 5) is 2.30. The zero-order chi connectivity index (χ0) is 12.1. The maximum atomic E-state index is 5.98. The number of anilines is 1. The highest BCUT2D eigenvalue weighted by Crippen LogP contribution is 2.24. The molecule has 0 aliphatic heterocycles. The lowest BCUT2D eigenvalue weighted by Crippen LogP contribution is -2.22. The lowest BCUT2D eigenvalue weighted by atomic mass is 10.1. The molecule has 0 spiro atoms. The van der Waals surface area contributed by atoms with E-state index < -0.39 is 0 Å². The Morgan fingerprint density at radius 2 is 1.81 bits per heavy atom. The first-order valence-corrected chi connectivity index (χ1v) is 6.08. The van der Waals surface area contributed by atoms with Crippen molar-refractivity contribution in [2.75, 3.05) is 18.5 Å². The minimum atomic E-state index is 0.0951. The molecule has 1 aromatic rings. The van der Waals surface area contributed by atoms with Gasteiger partial charge in [0, 0.05) is 25.3 Å². The van der Waals surface area contributed by atoms with Gasteiger partial charge in [-0.2, -0.15) is 0 Å². The van der Waals surface area contributed by atoms with Crippen LogP contribution in [-0.2, 0) is 0 Å². The third kappa shape index (κ3) is 3.53. The van der Waals surface area contributed by atoms with Gasteiger partial charge in [0.25, 0.3) is 0 Å². The van der Waals surface area contributed by atoms with Gasteiger partial charge in [0.2, 0.25) is 0 Å². The van der Waals surface area contributed by atoms with Crippen molar-refractivity contribution >= 4 is 5.69 Å². The Morgan fingerprint density at radius 3 is 2.38 bits per heavy atom. The van der Waals surface area contributed by atoms with Gasteiger partial charge in [-0.15, -0.1) is 0 Å². The smallest absolute Gasteiger partial charge is 0.0411 e. The summed E-state index contributed by atoms with van der Waals surface area (Å²) in [6, 6.07) is 8.49. The number of hydrogen-bond acceptors (Lipinski definition) is 2. The standard InChI is InChI=1S/C14H24N2/c1-11(2)9-10-16(4)14-8-6-5-7-13(14)12(3)15/h5-8,11-12H,9-10,15H2,1-4H3/t12-/m0/s1. The molecule has 1 aromatic carbocycles. The summed E-state index contributed by atoms with van der Waals surface area (Å²) < 4.78 is 0. The van der Waals surface area contributed by atoms with Gasteiger partial charge in [-0.1, -0.05) is 32.0 Å². The summed E-state index contributed by atoms with van der Waals surface area (Å²) in [5, 5.41) is 0. The Kier molecular flexibility index (Phi) is 4.81. The van der Waals surface area contributed by atoms with Crippen LogP contribution < -0.4 is 10.6 Å². The third-order valence-corrected chi connectivity index (χ3v) is 2.88. The highest BCUT2D eigenvalue weighted by atomic mass is 15.1. The highest BCUT2D eigenvalue weighted by Gasteiger charge is 2.09. The van der Waals surface area contributed by atoms with Crippen LogP contribution in [-0.4, -0.2) is 13.6 Å². The molecule has 0 aliphatic carbocycles. The predicted molar refractivity (Wildman–Crippen MR) is 71.8 cm³/mol. The van der Waals surface area contributed by atoms with Crippen LogP contribution in [0.1, 0.15) is 38.8 Å². The van der Waals surface area contributed by atoms with Gasteiger partial charge in [0.1, 0.15) is 0 Å². The Labute approximate surface area is 99.5 Å². The van der Waals surface area contributed by atoms with Gasteiger partial charge < -0.3 is 10.6 Å². The van der Waals surface area contributed by atoms with E-state index in [1.807, 2.05) is 6.92 Å². The number of nitrogens with two attached hydrogens (primary N) is 1. The molecule has 0 saturated carbocycles. The molecule has 16 heavy (non-hydrogen) atoms. The molecular weight excluding hydrogens is 196 g/mol. The molecule has 0 radical (unpaired) electrons. The molecule has 2 N–H and O–H groups in total. The number of para-hydroxylation sites is 1. The Morgan fingerprint density at radius 1 is 1.19 bits per heavy atom. The molecule has 1 rings (SSSR count). The van der Waals surface area contributed by atoms with Crippen molar-refractivity contribution in [3.8, 4) is 0 Å². The Balaban J connectivity index is 2.77. The molecule has 0 aromatic heterocycles. The molecule has 1 atom stereocenters. The van der Waals surface area contributed by atoms with Crippen molar-refractivity contribution in [3.05, 3.63) is 29.8 Å². The van der Waals surface area contributed by atoms with Crippen LogP contribution in [0.25, 0.3) is 0 Å². The average molecular weight is 220 g/mol. The van der Waals surface area contributed by atoms with Gasteiger partial charge in [-0.25, -0.2) is 0 Å². The normalized spacial score (nSPS) is 12.9. The van der Waals surface area contributed by atoms with E-state index in [1.54, 1.807) is 0 Å². The van der Waals surface area contributed by atoms with E-state index in [2.05, 4.69) is 50.1 Å². The largest absolute Gasteiger partial charge is 0.374 e. The van der Waals surface area contributed by atoms with E-state index in [4.69, 9.17) is 5.73 Å². The fourth-order valence-corrected chi connectivity index (χ4v) is 1.79. The summed E-state index contributed by atoms with van der Waals surface area (Å²) in [6.45, 7) is 7.63. The average Bonchev–Trinajstić information content (AvgIpc) is 2.25. The minimum Gasteiger partial charge on any atom is -0.374 e. The second kappa shape index (κ2) is 5.90. The molecule has 0 bridgehead atoms. The first-order chi connectivity index (χ1) is 7.52. The van der Waals surface area contributed by atoms with E-state index in [1.165, 1.54) is 17.7 Å². The molecule has 2 nitrogen and oxygen atoms in total. The second-order valence-corrected chi connectivity index (χ2v) is 4.95. The number of benzene rings is 1. The van der Waals surface area contributed by atoms with Crippen molar-refractivity contribution in [1.29, 1.82) is 0 Å². The minimum absolute atomic E-state index is 0.0951. The third-order valence-electron chi connectivity index (χ3n) is 2.88. The van der Waals surface area contributed by atoms with Crippen molar-refractivity contribution in [2.45, 2.75) is 33.2 Å². The van der Waals surface area contributed by atoms with Gasteiger partial charge in [-0.3, -0.25) is 0 Å². The van der Waals surface area contributed by atoms with E-state index in [0.717, 1.165) is 12.5 Å². The van der Waals surface area contributed by atoms with Gasteiger partial charge in [0.15, 0.2) is 0 Å². The van der Waals surface area contributed by atoms with E-state index in [9.17, 15) is 0 Å². The second-order valence-electron chi connectivity index (χ2n) is 4.95. The van der Waals surface area contributed by atoms with Crippen LogP contribution in [0.4, 0.5) is 5.69 Å². The van der Waals surface area contributed by atoms with Crippen molar-refractivity contribution in [2.24, 2.45) is 11.7 Å². The van der Waals surface area contributed by atoms with Crippen molar-refractivity contribution < 1.29 is 0 Å². The number of hydrogen-bond donors (Lipinski definition) is 1. The summed E-state index contributed by atoms with van der Waals surface area (Å²) in [5.41, 5.74) is 8.47. The van der Waals surface area contributed by atoms with E-state index in [-0.39, 0.29) is 6.04 Å². The predicted octanol–water partition coefficient (Wildman–Crippen LogP) is 3.19. The van der Waals surface area contributed by atoms with Crippen molar-refractivity contribution in [1.82, 2.24) is 0 Å². The van der Waals surface area contributed by atoms with E-state index in [0.29, 0.717) is 0 Å². The highest BCUT2D eigenvalue weighted by molar-refractivity contribution is 5.54. The Hall–Kier alpha value is -1.02. The quantitative estimate of drug-likeness (QED) is 0.825. The molecular formula is C14H24N2. The molecule has 0 saturated heterocycles.